The Bertz CT molecular complexity index is 269. The summed E-state index contributed by atoms with van der Waals surface area (Å²) >= 11 is 0. The summed E-state index contributed by atoms with van der Waals surface area (Å²) in [7, 11) is 0. The Hall–Kier alpha value is -1.71. The van der Waals surface area contributed by atoms with Gasteiger partial charge in [0.1, 0.15) is 0 Å². The van der Waals surface area contributed by atoms with Gasteiger partial charge in [-0.3, -0.25) is 0 Å². The number of hydrogen-bond donors (Lipinski definition) is 1. The lowest BCUT2D eigenvalue weighted by Gasteiger charge is -1.86. The van der Waals surface area contributed by atoms with Gasteiger partial charge in [0.25, 0.3) is 0 Å². The van der Waals surface area contributed by atoms with Crippen molar-refractivity contribution in [2.75, 3.05) is 0 Å². The summed E-state index contributed by atoms with van der Waals surface area (Å²) in [5, 5.41) is 8.23. The van der Waals surface area contributed by atoms with E-state index in [1.54, 1.807) is 18.5 Å². The number of nitrogens with zero attached hydrogens (tertiary/aromatic N) is 2. The molecule has 0 aliphatic carbocycles. The van der Waals surface area contributed by atoms with Crippen LogP contribution in [0.15, 0.2) is 24.5 Å². The fourth-order valence-corrected chi connectivity index (χ4v) is 0.543. The number of carbonyl (C=O) groups is 1. The van der Waals surface area contributed by atoms with E-state index in [0.717, 1.165) is 6.08 Å². The number of carboxylic acid groups (broad SMARTS) is 1. The summed E-state index contributed by atoms with van der Waals surface area (Å²) in [5.74, 6) is -0.604. The Balaban J connectivity index is 2.72. The van der Waals surface area contributed by atoms with Gasteiger partial charge < -0.3 is 5.11 Å². The second-order valence-electron chi connectivity index (χ2n) is 1.78. The lowest BCUT2D eigenvalue weighted by molar-refractivity contribution is -0.131. The monoisotopic (exact) mass is 150 g/mol. The van der Waals surface area contributed by atoms with E-state index < -0.39 is 5.97 Å². The first-order valence-corrected chi connectivity index (χ1v) is 2.97. The van der Waals surface area contributed by atoms with Crippen LogP contribution in [-0.4, -0.2) is 21.0 Å². The molecule has 0 radical (unpaired) electrons. The fraction of sp³-hybridized carbons (Fsp3) is 0. The van der Waals surface area contributed by atoms with Crippen LogP contribution >= 0.6 is 0 Å². The third-order valence-electron chi connectivity index (χ3n) is 0.961. The number of carboxylic acids is 1. The Morgan fingerprint density at radius 1 is 1.45 bits per heavy atom. The van der Waals surface area contributed by atoms with Gasteiger partial charge in [-0.1, -0.05) is 0 Å². The molecule has 0 bridgehead atoms. The minimum atomic E-state index is -1.00. The second-order valence-corrected chi connectivity index (χ2v) is 1.78. The van der Waals surface area contributed by atoms with Crippen molar-refractivity contribution in [1.82, 2.24) is 9.97 Å². The molecule has 0 fully saturated rings. The lowest BCUT2D eigenvalue weighted by Crippen LogP contribution is -1.88. The highest BCUT2D eigenvalue weighted by Gasteiger charge is 1.88. The van der Waals surface area contributed by atoms with Crippen LogP contribution in [0.1, 0.15) is 5.82 Å². The van der Waals surface area contributed by atoms with Crippen molar-refractivity contribution in [1.29, 1.82) is 0 Å². The summed E-state index contributed by atoms with van der Waals surface area (Å²) < 4.78 is 0. The van der Waals surface area contributed by atoms with Crippen molar-refractivity contribution in [3.8, 4) is 0 Å². The average molecular weight is 150 g/mol. The molecule has 4 heteroatoms. The Morgan fingerprint density at radius 3 is 2.64 bits per heavy atom. The first kappa shape index (κ1) is 7.40. The quantitative estimate of drug-likeness (QED) is 0.626. The fourth-order valence-electron chi connectivity index (χ4n) is 0.543. The van der Waals surface area contributed by atoms with Gasteiger partial charge in [0.2, 0.25) is 0 Å². The van der Waals surface area contributed by atoms with Gasteiger partial charge in [-0.15, -0.1) is 0 Å². The standard InChI is InChI=1S/C7H6N2O2/c10-7(11)3-2-6-8-4-1-5-9-6/h1-5H,(H,10,11)/b3-2+. The molecule has 0 aliphatic heterocycles. The van der Waals surface area contributed by atoms with Crippen molar-refractivity contribution in [3.05, 3.63) is 30.4 Å². The minimum Gasteiger partial charge on any atom is -0.478 e. The van der Waals surface area contributed by atoms with E-state index in [1.165, 1.54) is 6.08 Å². The first-order valence-electron chi connectivity index (χ1n) is 2.97. The van der Waals surface area contributed by atoms with E-state index in [2.05, 4.69) is 9.97 Å². The Kier molecular flexibility index (Phi) is 2.32. The van der Waals surface area contributed by atoms with E-state index in [4.69, 9.17) is 5.11 Å². The summed E-state index contributed by atoms with van der Waals surface area (Å²) in [6, 6.07) is 1.66. The van der Waals surface area contributed by atoms with Crippen LogP contribution in [0, 0.1) is 0 Å². The largest absolute Gasteiger partial charge is 0.478 e. The molecule has 0 saturated heterocycles. The highest BCUT2D eigenvalue weighted by atomic mass is 16.4. The zero-order valence-electron chi connectivity index (χ0n) is 5.64. The molecule has 1 heterocycles. The third-order valence-corrected chi connectivity index (χ3v) is 0.961. The van der Waals surface area contributed by atoms with E-state index in [0.29, 0.717) is 5.82 Å². The van der Waals surface area contributed by atoms with E-state index in [1.807, 2.05) is 0 Å². The lowest BCUT2D eigenvalue weighted by atomic mass is 10.4. The van der Waals surface area contributed by atoms with Crippen LogP contribution < -0.4 is 0 Å². The topological polar surface area (TPSA) is 63.1 Å². The van der Waals surface area contributed by atoms with Crippen molar-refractivity contribution in [2.45, 2.75) is 0 Å². The van der Waals surface area contributed by atoms with Crippen LogP contribution in [0.3, 0.4) is 0 Å². The molecule has 56 valence electrons. The smallest absolute Gasteiger partial charge is 0.328 e. The molecule has 0 aromatic carbocycles. The van der Waals surface area contributed by atoms with Gasteiger partial charge in [0, 0.05) is 18.5 Å². The van der Waals surface area contributed by atoms with Crippen LogP contribution in [0.4, 0.5) is 0 Å². The molecule has 0 saturated carbocycles. The number of aliphatic carboxylic acids is 1. The second kappa shape index (κ2) is 3.46. The van der Waals surface area contributed by atoms with Gasteiger partial charge in [0.05, 0.1) is 0 Å². The Morgan fingerprint density at radius 2 is 2.09 bits per heavy atom. The summed E-state index contributed by atoms with van der Waals surface area (Å²) in [4.78, 5) is 17.6. The predicted molar refractivity (Wildman–Crippen MR) is 38.7 cm³/mol. The van der Waals surface area contributed by atoms with Gasteiger partial charge >= 0.3 is 5.97 Å². The first-order chi connectivity index (χ1) is 5.29. The minimum absolute atomic E-state index is 0.398. The SMILES string of the molecule is O=C(O)/C=C/c1ncccn1. The van der Waals surface area contributed by atoms with Gasteiger partial charge in [-0.25, -0.2) is 14.8 Å². The summed E-state index contributed by atoms with van der Waals surface area (Å²) in [6.07, 6.45) is 5.43. The van der Waals surface area contributed by atoms with Crippen molar-refractivity contribution in [3.63, 3.8) is 0 Å². The van der Waals surface area contributed by atoms with E-state index in [-0.39, 0.29) is 0 Å². The van der Waals surface area contributed by atoms with Crippen molar-refractivity contribution in [2.24, 2.45) is 0 Å². The maximum absolute atomic E-state index is 10.0. The van der Waals surface area contributed by atoms with Gasteiger partial charge in [-0.05, 0) is 12.1 Å². The number of rotatable bonds is 2. The molecule has 1 N–H and O–H groups in total. The van der Waals surface area contributed by atoms with Crippen LogP contribution in [0.2, 0.25) is 0 Å². The summed E-state index contributed by atoms with van der Waals surface area (Å²) in [5.41, 5.74) is 0. The van der Waals surface area contributed by atoms with Gasteiger partial charge in [0.15, 0.2) is 5.82 Å². The number of aromatic nitrogens is 2. The van der Waals surface area contributed by atoms with Gasteiger partial charge in [-0.2, -0.15) is 0 Å². The number of hydrogen-bond acceptors (Lipinski definition) is 3. The van der Waals surface area contributed by atoms with Crippen molar-refractivity contribution >= 4 is 12.0 Å². The molecular weight excluding hydrogens is 144 g/mol. The molecule has 1 aromatic rings. The molecule has 11 heavy (non-hydrogen) atoms. The van der Waals surface area contributed by atoms with Crippen molar-refractivity contribution < 1.29 is 9.90 Å². The normalized spacial score (nSPS) is 10.2. The molecule has 0 unspecified atom stereocenters. The molecule has 0 spiro atoms. The Labute approximate surface area is 63.2 Å². The zero-order valence-corrected chi connectivity index (χ0v) is 5.64. The highest BCUT2D eigenvalue weighted by Crippen LogP contribution is 1.89. The zero-order chi connectivity index (χ0) is 8.10. The molecular formula is C7H6N2O2. The summed E-state index contributed by atoms with van der Waals surface area (Å²) in [6.45, 7) is 0. The molecule has 0 aliphatic rings. The maximum atomic E-state index is 10.0. The highest BCUT2D eigenvalue weighted by molar-refractivity contribution is 5.84. The molecule has 1 rings (SSSR count). The molecule has 1 aromatic heterocycles. The molecule has 0 amide bonds. The van der Waals surface area contributed by atoms with E-state index >= 15 is 0 Å². The maximum Gasteiger partial charge on any atom is 0.328 e. The average Bonchev–Trinajstić information content (AvgIpc) is 2.03. The molecule has 0 atom stereocenters. The third kappa shape index (κ3) is 2.57. The van der Waals surface area contributed by atoms with E-state index in [9.17, 15) is 4.79 Å². The molecule has 4 nitrogen and oxygen atoms in total. The van der Waals surface area contributed by atoms with Crippen LogP contribution in [0.5, 0.6) is 0 Å². The van der Waals surface area contributed by atoms with Crippen LogP contribution in [0.25, 0.3) is 6.08 Å². The van der Waals surface area contributed by atoms with Crippen LogP contribution in [-0.2, 0) is 4.79 Å². The predicted octanol–water partition coefficient (Wildman–Crippen LogP) is 0.574.